The molecular weight excluding hydrogens is 412 g/mol. The summed E-state index contributed by atoms with van der Waals surface area (Å²) in [5.74, 6) is -1.19. The highest BCUT2D eigenvalue weighted by Gasteiger charge is 2.35. The van der Waals surface area contributed by atoms with E-state index in [2.05, 4.69) is 5.48 Å². The lowest BCUT2D eigenvalue weighted by atomic mass is 10.1. The lowest BCUT2D eigenvalue weighted by molar-refractivity contribution is -0.144. The Hall–Kier alpha value is -3.59. The van der Waals surface area contributed by atoms with Crippen molar-refractivity contribution in [1.82, 2.24) is 14.6 Å². The number of nitrogens with one attached hydrogen (secondary N) is 1. The molecule has 0 aliphatic carbocycles. The largest absolute Gasteiger partial charge is 0.459 e. The molecule has 0 fully saturated rings. The van der Waals surface area contributed by atoms with Crippen molar-refractivity contribution in [3.05, 3.63) is 67.6 Å². The van der Waals surface area contributed by atoms with Crippen LogP contribution >= 0.6 is 0 Å². The van der Waals surface area contributed by atoms with Crippen LogP contribution in [0.1, 0.15) is 25.1 Å². The Morgan fingerprint density at radius 2 is 1.83 bits per heavy atom. The normalized spacial score (nSPS) is 12.2. The first-order valence-electron chi connectivity index (χ1n) is 8.21. The molecule has 0 aliphatic rings. The summed E-state index contributed by atoms with van der Waals surface area (Å²) in [6.45, 7) is 3.07. The molecule has 1 N–H and O–H groups in total. The second-order valence-corrected chi connectivity index (χ2v) is 6.04. The van der Waals surface area contributed by atoms with Gasteiger partial charge in [-0.2, -0.15) is 18.4 Å². The summed E-state index contributed by atoms with van der Waals surface area (Å²) < 4.78 is 59.5. The van der Waals surface area contributed by atoms with E-state index >= 15 is 0 Å². The number of hydrogen-bond donors (Lipinski definition) is 1. The lowest BCUT2D eigenvalue weighted by Gasteiger charge is -2.16. The lowest BCUT2D eigenvalue weighted by Crippen LogP contribution is -2.41. The predicted octanol–water partition coefficient (Wildman–Crippen LogP) is 2.35. The van der Waals surface area contributed by atoms with Crippen LogP contribution in [-0.4, -0.2) is 16.2 Å². The van der Waals surface area contributed by atoms with Crippen LogP contribution in [0.15, 0.2) is 39.2 Å². The summed E-state index contributed by atoms with van der Waals surface area (Å²) in [4.78, 5) is 29.4. The van der Waals surface area contributed by atoms with Crippen molar-refractivity contribution in [3.8, 4) is 17.5 Å². The molecule has 0 radical (unpaired) electrons. The quantitative estimate of drug-likeness (QED) is 0.446. The van der Waals surface area contributed by atoms with Gasteiger partial charge in [-0.3, -0.25) is 19.7 Å². The van der Waals surface area contributed by atoms with Crippen LogP contribution in [0.25, 0.3) is 5.69 Å². The van der Waals surface area contributed by atoms with E-state index in [1.54, 1.807) is 13.0 Å². The Bertz CT molecular complexity index is 1170. The van der Waals surface area contributed by atoms with E-state index in [4.69, 9.17) is 9.57 Å². The number of aromatic nitrogens is 2. The van der Waals surface area contributed by atoms with E-state index in [1.807, 2.05) is 0 Å². The molecule has 1 heterocycles. The van der Waals surface area contributed by atoms with Gasteiger partial charge in [0.2, 0.25) is 0 Å². The highest BCUT2D eigenvalue weighted by Crippen LogP contribution is 2.28. The molecule has 0 amide bonds. The maximum atomic E-state index is 14.6. The van der Waals surface area contributed by atoms with E-state index in [1.165, 1.54) is 14.0 Å². The van der Waals surface area contributed by atoms with Gasteiger partial charge in [0.1, 0.15) is 29.1 Å². The Kier molecular flexibility index (Phi) is 6.37. The standard InChI is InChI=1S/C18H16F4N4O4/c1-9(24-29-4)10(2)30-14-6-13(12(19)5-11(14)8-23)26-16(27)7-15(18(20,21)22)25(3)17(26)28/h5-7,24H,1-4H3. The zero-order chi connectivity index (χ0) is 22.8. The van der Waals surface area contributed by atoms with E-state index in [9.17, 15) is 32.4 Å². The number of nitriles is 1. The number of alkyl halides is 3. The Morgan fingerprint density at radius 3 is 2.37 bits per heavy atom. The summed E-state index contributed by atoms with van der Waals surface area (Å²) in [7, 11) is 2.15. The van der Waals surface area contributed by atoms with Crippen LogP contribution in [-0.2, 0) is 18.1 Å². The highest BCUT2D eigenvalue weighted by atomic mass is 19.4. The average Bonchev–Trinajstić information content (AvgIpc) is 2.65. The molecule has 8 nitrogen and oxygen atoms in total. The maximum Gasteiger partial charge on any atom is 0.431 e. The zero-order valence-corrected chi connectivity index (χ0v) is 16.2. The Morgan fingerprint density at radius 1 is 1.20 bits per heavy atom. The summed E-state index contributed by atoms with van der Waals surface area (Å²) in [5.41, 5.74) is -2.36. The van der Waals surface area contributed by atoms with Gasteiger partial charge in [-0.15, -0.1) is 0 Å². The molecule has 2 aromatic rings. The van der Waals surface area contributed by atoms with E-state index in [0.29, 0.717) is 11.8 Å². The molecule has 0 unspecified atom stereocenters. The number of ether oxygens (including phenoxy) is 1. The molecule has 12 heteroatoms. The Balaban J connectivity index is 2.75. The van der Waals surface area contributed by atoms with Crippen molar-refractivity contribution in [2.75, 3.05) is 7.11 Å². The second kappa shape index (κ2) is 8.42. The van der Waals surface area contributed by atoms with Gasteiger partial charge in [-0.25, -0.2) is 13.8 Å². The molecular formula is C18H16F4N4O4. The summed E-state index contributed by atoms with van der Waals surface area (Å²) >= 11 is 0. The number of hydroxylamine groups is 1. The first-order chi connectivity index (χ1) is 13.9. The SMILES string of the molecule is CONC(C)=C(C)Oc1cc(-n2c(=O)cc(C(F)(F)F)n(C)c2=O)c(F)cc1C#N. The molecule has 0 spiro atoms. The predicted molar refractivity (Wildman–Crippen MR) is 96.1 cm³/mol. The fourth-order valence-electron chi connectivity index (χ4n) is 2.47. The number of allylic oxidation sites excluding steroid dienone is 2. The summed E-state index contributed by atoms with van der Waals surface area (Å²) in [6, 6.07) is 3.47. The van der Waals surface area contributed by atoms with Crippen molar-refractivity contribution < 1.29 is 27.1 Å². The number of benzene rings is 1. The summed E-state index contributed by atoms with van der Waals surface area (Å²) in [6.07, 6.45) is -4.96. The molecule has 0 saturated carbocycles. The second-order valence-electron chi connectivity index (χ2n) is 6.04. The molecule has 1 aromatic heterocycles. The van der Waals surface area contributed by atoms with Crippen molar-refractivity contribution in [2.24, 2.45) is 7.05 Å². The topological polar surface area (TPSA) is 98.3 Å². The number of rotatable bonds is 5. The van der Waals surface area contributed by atoms with Crippen LogP contribution in [0.4, 0.5) is 17.6 Å². The van der Waals surface area contributed by atoms with Gasteiger partial charge in [0.25, 0.3) is 5.56 Å². The van der Waals surface area contributed by atoms with E-state index < -0.39 is 34.6 Å². The van der Waals surface area contributed by atoms with Gasteiger partial charge < -0.3 is 4.74 Å². The minimum atomic E-state index is -4.96. The van der Waals surface area contributed by atoms with Gasteiger partial charge in [0.15, 0.2) is 0 Å². The minimum absolute atomic E-state index is 0.178. The first kappa shape index (κ1) is 22.7. The van der Waals surface area contributed by atoms with Crippen LogP contribution in [0, 0.1) is 17.1 Å². The van der Waals surface area contributed by atoms with E-state index in [0.717, 1.165) is 13.1 Å². The molecule has 0 atom stereocenters. The average molecular weight is 428 g/mol. The van der Waals surface area contributed by atoms with Crippen molar-refractivity contribution >= 4 is 0 Å². The third-order valence-electron chi connectivity index (χ3n) is 4.07. The molecule has 2 rings (SSSR count). The Labute approximate surface area is 167 Å². The fraction of sp³-hybridized carbons (Fsp3) is 0.278. The highest BCUT2D eigenvalue weighted by molar-refractivity contribution is 5.52. The zero-order valence-electron chi connectivity index (χ0n) is 16.2. The van der Waals surface area contributed by atoms with Gasteiger partial charge in [-0.05, 0) is 19.9 Å². The molecule has 30 heavy (non-hydrogen) atoms. The van der Waals surface area contributed by atoms with Crippen LogP contribution in [0.2, 0.25) is 0 Å². The van der Waals surface area contributed by atoms with Crippen LogP contribution < -0.4 is 21.5 Å². The molecule has 0 bridgehead atoms. The van der Waals surface area contributed by atoms with Crippen molar-refractivity contribution in [1.29, 1.82) is 5.26 Å². The van der Waals surface area contributed by atoms with Crippen LogP contribution in [0.3, 0.4) is 0 Å². The third kappa shape index (κ3) is 4.36. The van der Waals surface area contributed by atoms with Crippen molar-refractivity contribution in [2.45, 2.75) is 20.0 Å². The van der Waals surface area contributed by atoms with E-state index in [-0.39, 0.29) is 32.3 Å². The van der Waals surface area contributed by atoms with Crippen LogP contribution in [0.5, 0.6) is 5.75 Å². The monoisotopic (exact) mass is 428 g/mol. The number of nitrogens with zero attached hydrogens (tertiary/aromatic N) is 3. The molecule has 0 saturated heterocycles. The van der Waals surface area contributed by atoms with Crippen molar-refractivity contribution in [3.63, 3.8) is 0 Å². The molecule has 1 aromatic carbocycles. The maximum absolute atomic E-state index is 14.6. The third-order valence-corrected chi connectivity index (χ3v) is 4.07. The van der Waals surface area contributed by atoms with Gasteiger partial charge >= 0.3 is 11.9 Å². The van der Waals surface area contributed by atoms with Gasteiger partial charge in [0.05, 0.1) is 24.1 Å². The first-order valence-corrected chi connectivity index (χ1v) is 8.21. The molecule has 160 valence electrons. The summed E-state index contributed by atoms with van der Waals surface area (Å²) in [5, 5.41) is 9.23. The number of halogens is 4. The fourth-order valence-corrected chi connectivity index (χ4v) is 2.47. The smallest absolute Gasteiger partial charge is 0.431 e. The number of hydrogen-bond acceptors (Lipinski definition) is 6. The minimum Gasteiger partial charge on any atom is -0.459 e. The molecule has 0 aliphatic heterocycles. The van der Waals surface area contributed by atoms with Gasteiger partial charge in [0, 0.05) is 19.2 Å². The van der Waals surface area contributed by atoms with Gasteiger partial charge in [-0.1, -0.05) is 0 Å².